The number of likely N-dealkylation sites (tertiary alicyclic amines) is 1. The highest BCUT2D eigenvalue weighted by Crippen LogP contribution is 2.31. The standard InChI is InChI=1S/C18H26N4O3/c1-12-19-14(11-15(20-12)22-9-10-25-17(22)24)13-5-7-21(8-6-13)16(23)18(2,3)4/h11,13H,5-10H2,1-4H3. The Labute approximate surface area is 148 Å². The van der Waals surface area contributed by atoms with Crippen molar-refractivity contribution in [3.05, 3.63) is 17.6 Å². The molecule has 7 heteroatoms. The second-order valence-corrected chi connectivity index (χ2v) is 7.78. The highest BCUT2D eigenvalue weighted by molar-refractivity contribution is 5.88. The fraction of sp³-hybridized carbons (Fsp3) is 0.667. The topological polar surface area (TPSA) is 75.6 Å². The average Bonchev–Trinajstić information content (AvgIpc) is 2.99. The van der Waals surface area contributed by atoms with Gasteiger partial charge in [0.25, 0.3) is 0 Å². The minimum atomic E-state index is -0.352. The molecule has 7 nitrogen and oxygen atoms in total. The molecule has 0 atom stereocenters. The Morgan fingerprint density at radius 1 is 1.20 bits per heavy atom. The summed E-state index contributed by atoms with van der Waals surface area (Å²) in [6.07, 6.45) is 1.40. The van der Waals surface area contributed by atoms with Gasteiger partial charge in [-0.2, -0.15) is 0 Å². The van der Waals surface area contributed by atoms with Gasteiger partial charge in [0.05, 0.1) is 6.54 Å². The van der Waals surface area contributed by atoms with Crippen LogP contribution in [0.2, 0.25) is 0 Å². The van der Waals surface area contributed by atoms with Gasteiger partial charge >= 0.3 is 6.09 Å². The summed E-state index contributed by atoms with van der Waals surface area (Å²) in [4.78, 5) is 36.7. The predicted molar refractivity (Wildman–Crippen MR) is 93.5 cm³/mol. The van der Waals surface area contributed by atoms with Gasteiger partial charge in [0.2, 0.25) is 5.91 Å². The molecule has 0 N–H and O–H groups in total. The predicted octanol–water partition coefficient (Wildman–Crippen LogP) is 2.49. The molecule has 2 aliphatic heterocycles. The molecule has 25 heavy (non-hydrogen) atoms. The van der Waals surface area contributed by atoms with Crippen LogP contribution < -0.4 is 4.90 Å². The van der Waals surface area contributed by atoms with Crippen LogP contribution in [-0.2, 0) is 9.53 Å². The van der Waals surface area contributed by atoms with E-state index >= 15 is 0 Å². The number of hydrogen-bond acceptors (Lipinski definition) is 5. The number of rotatable bonds is 2. The maximum Gasteiger partial charge on any atom is 0.415 e. The number of nitrogens with zero attached hydrogens (tertiary/aromatic N) is 4. The first-order valence-corrected chi connectivity index (χ1v) is 8.85. The summed E-state index contributed by atoms with van der Waals surface area (Å²) >= 11 is 0. The lowest BCUT2D eigenvalue weighted by Gasteiger charge is -2.35. The van der Waals surface area contributed by atoms with E-state index in [4.69, 9.17) is 4.74 Å². The van der Waals surface area contributed by atoms with Crippen molar-refractivity contribution in [2.24, 2.45) is 5.41 Å². The Morgan fingerprint density at radius 3 is 2.44 bits per heavy atom. The lowest BCUT2D eigenvalue weighted by Crippen LogP contribution is -2.43. The highest BCUT2D eigenvalue weighted by atomic mass is 16.6. The zero-order chi connectivity index (χ0) is 18.2. The first-order valence-electron chi connectivity index (χ1n) is 8.85. The van der Waals surface area contributed by atoms with E-state index in [-0.39, 0.29) is 23.3 Å². The maximum absolute atomic E-state index is 12.4. The van der Waals surface area contributed by atoms with Crippen molar-refractivity contribution in [3.63, 3.8) is 0 Å². The number of carbonyl (C=O) groups excluding carboxylic acids is 2. The van der Waals surface area contributed by atoms with Crippen molar-refractivity contribution in [2.75, 3.05) is 31.1 Å². The summed E-state index contributed by atoms with van der Waals surface area (Å²) in [5, 5.41) is 0. The van der Waals surface area contributed by atoms with Gasteiger partial charge in [-0.05, 0) is 19.8 Å². The molecule has 0 aliphatic carbocycles. The van der Waals surface area contributed by atoms with Crippen molar-refractivity contribution in [2.45, 2.75) is 46.5 Å². The van der Waals surface area contributed by atoms with Gasteiger partial charge in [-0.25, -0.2) is 14.8 Å². The lowest BCUT2D eigenvalue weighted by molar-refractivity contribution is -0.140. The van der Waals surface area contributed by atoms with Crippen molar-refractivity contribution < 1.29 is 14.3 Å². The number of hydrogen-bond donors (Lipinski definition) is 0. The summed E-state index contributed by atoms with van der Waals surface area (Å²) in [5.74, 6) is 1.74. The van der Waals surface area contributed by atoms with E-state index < -0.39 is 0 Å². The van der Waals surface area contributed by atoms with Crippen LogP contribution in [0.5, 0.6) is 0 Å². The van der Waals surface area contributed by atoms with E-state index in [1.54, 1.807) is 4.90 Å². The molecule has 0 aromatic carbocycles. The lowest BCUT2D eigenvalue weighted by atomic mass is 9.89. The molecule has 1 aromatic heterocycles. The number of piperidine rings is 1. The minimum Gasteiger partial charge on any atom is -0.447 e. The molecule has 2 aliphatic rings. The number of aryl methyl sites for hydroxylation is 1. The molecule has 0 unspecified atom stereocenters. The van der Waals surface area contributed by atoms with Crippen LogP contribution in [-0.4, -0.2) is 53.1 Å². The van der Waals surface area contributed by atoms with Gasteiger partial charge in [-0.15, -0.1) is 0 Å². The van der Waals surface area contributed by atoms with E-state index in [0.717, 1.165) is 31.6 Å². The summed E-state index contributed by atoms with van der Waals surface area (Å²) in [6.45, 7) is 10.1. The second kappa shape index (κ2) is 6.61. The Bertz CT molecular complexity index is 675. The van der Waals surface area contributed by atoms with Crippen LogP contribution >= 0.6 is 0 Å². The molecule has 2 amide bonds. The monoisotopic (exact) mass is 346 g/mol. The van der Waals surface area contributed by atoms with E-state index in [1.807, 2.05) is 38.7 Å². The molecule has 0 radical (unpaired) electrons. The first-order chi connectivity index (χ1) is 11.8. The number of aromatic nitrogens is 2. The number of cyclic esters (lactones) is 1. The first kappa shape index (κ1) is 17.6. The molecule has 2 fully saturated rings. The summed E-state index contributed by atoms with van der Waals surface area (Å²) < 4.78 is 5.00. The van der Waals surface area contributed by atoms with Gasteiger partial charge in [0.1, 0.15) is 18.2 Å². The molecule has 2 saturated heterocycles. The molecule has 1 aromatic rings. The summed E-state index contributed by atoms with van der Waals surface area (Å²) in [6, 6.07) is 1.89. The third-order valence-corrected chi connectivity index (χ3v) is 4.72. The van der Waals surface area contributed by atoms with Gasteiger partial charge in [-0.1, -0.05) is 20.8 Å². The van der Waals surface area contributed by atoms with Gasteiger partial charge in [0.15, 0.2) is 0 Å². The number of carbonyl (C=O) groups is 2. The Morgan fingerprint density at radius 2 is 1.88 bits per heavy atom. The van der Waals surface area contributed by atoms with Crippen LogP contribution in [0.3, 0.4) is 0 Å². The Hall–Kier alpha value is -2.18. The number of anilines is 1. The van der Waals surface area contributed by atoms with Crippen LogP contribution in [0, 0.1) is 12.3 Å². The van der Waals surface area contributed by atoms with E-state index in [1.165, 1.54) is 0 Å². The number of amides is 2. The van der Waals surface area contributed by atoms with Crippen LogP contribution in [0.15, 0.2) is 6.07 Å². The van der Waals surface area contributed by atoms with E-state index in [2.05, 4.69) is 9.97 Å². The third-order valence-electron chi connectivity index (χ3n) is 4.72. The van der Waals surface area contributed by atoms with Gasteiger partial charge < -0.3 is 9.64 Å². The zero-order valence-electron chi connectivity index (χ0n) is 15.4. The molecule has 3 heterocycles. The second-order valence-electron chi connectivity index (χ2n) is 7.78. The fourth-order valence-electron chi connectivity index (χ4n) is 3.38. The Balaban J connectivity index is 1.72. The summed E-state index contributed by atoms with van der Waals surface area (Å²) in [5.41, 5.74) is 0.604. The van der Waals surface area contributed by atoms with E-state index in [0.29, 0.717) is 24.8 Å². The largest absolute Gasteiger partial charge is 0.447 e. The Kier molecular flexibility index (Phi) is 4.67. The van der Waals surface area contributed by atoms with Crippen molar-refractivity contribution in [3.8, 4) is 0 Å². The summed E-state index contributed by atoms with van der Waals surface area (Å²) in [7, 11) is 0. The maximum atomic E-state index is 12.4. The van der Waals surface area contributed by atoms with Gasteiger partial charge in [-0.3, -0.25) is 9.69 Å². The normalized spacial score (nSPS) is 19.3. The number of ether oxygens (including phenoxy) is 1. The molecule has 0 bridgehead atoms. The minimum absolute atomic E-state index is 0.199. The highest BCUT2D eigenvalue weighted by Gasteiger charge is 2.32. The smallest absolute Gasteiger partial charge is 0.415 e. The quantitative estimate of drug-likeness (QED) is 0.822. The average molecular weight is 346 g/mol. The fourth-order valence-corrected chi connectivity index (χ4v) is 3.38. The van der Waals surface area contributed by atoms with Crippen LogP contribution in [0.25, 0.3) is 0 Å². The van der Waals surface area contributed by atoms with E-state index in [9.17, 15) is 9.59 Å². The third kappa shape index (κ3) is 3.75. The van der Waals surface area contributed by atoms with Crippen molar-refractivity contribution in [1.82, 2.24) is 14.9 Å². The SMILES string of the molecule is Cc1nc(C2CCN(C(=O)C(C)(C)C)CC2)cc(N2CCOC2=O)n1. The van der Waals surface area contributed by atoms with Crippen molar-refractivity contribution >= 4 is 17.8 Å². The zero-order valence-corrected chi connectivity index (χ0v) is 15.4. The molecule has 0 spiro atoms. The molecular formula is C18H26N4O3. The van der Waals surface area contributed by atoms with Crippen LogP contribution in [0.4, 0.5) is 10.6 Å². The van der Waals surface area contributed by atoms with Crippen LogP contribution in [0.1, 0.15) is 51.0 Å². The van der Waals surface area contributed by atoms with Crippen molar-refractivity contribution in [1.29, 1.82) is 0 Å². The van der Waals surface area contributed by atoms with Gasteiger partial charge in [0, 0.05) is 36.2 Å². The molecule has 3 rings (SSSR count). The molecule has 0 saturated carbocycles. The molecule has 136 valence electrons. The molecular weight excluding hydrogens is 320 g/mol.